The average Bonchev–Trinajstić information content (AvgIpc) is 2.39. The predicted octanol–water partition coefficient (Wildman–Crippen LogP) is 2.15. The van der Waals surface area contributed by atoms with E-state index in [1.807, 2.05) is 7.05 Å². The molecule has 118 valence electrons. The summed E-state index contributed by atoms with van der Waals surface area (Å²) in [7, 11) is 2.01. The number of unbranched alkanes of at least 4 members (excludes halogenated alkanes) is 1. The highest BCUT2D eigenvalue weighted by Crippen LogP contribution is 2.23. The maximum atomic E-state index is 4.21. The van der Waals surface area contributed by atoms with Gasteiger partial charge in [0, 0.05) is 17.8 Å². The number of nitrogens with one attached hydrogen (secondary N) is 4. The van der Waals surface area contributed by atoms with Gasteiger partial charge in [-0.3, -0.25) is 10.6 Å². The van der Waals surface area contributed by atoms with Gasteiger partial charge in [0.05, 0.1) is 0 Å². The summed E-state index contributed by atoms with van der Waals surface area (Å²) in [5.41, 5.74) is 1.36. The van der Waals surface area contributed by atoms with Crippen LogP contribution in [0, 0.1) is 5.41 Å². The van der Waals surface area contributed by atoms with E-state index in [0.717, 1.165) is 18.7 Å². The van der Waals surface area contributed by atoms with E-state index in [4.69, 9.17) is 0 Å². The predicted molar refractivity (Wildman–Crippen MR) is 87.4 cm³/mol. The molecule has 4 nitrogen and oxygen atoms in total. The van der Waals surface area contributed by atoms with Crippen molar-refractivity contribution in [2.24, 2.45) is 5.41 Å². The molecule has 1 heterocycles. The molecule has 1 rings (SSSR count). The molecule has 0 radical (unpaired) electrons. The lowest BCUT2D eigenvalue weighted by atomic mass is 9.84. The fourth-order valence-corrected chi connectivity index (χ4v) is 2.68. The number of rotatable bonds is 7. The SMILES string of the molecule is C=C(NC1NCCC(C(C)(C)C)N1)C(CCCC)NC. The van der Waals surface area contributed by atoms with Crippen molar-refractivity contribution in [3.8, 4) is 0 Å². The summed E-state index contributed by atoms with van der Waals surface area (Å²) in [6.07, 6.45) is 4.87. The van der Waals surface area contributed by atoms with Gasteiger partial charge in [-0.15, -0.1) is 0 Å². The molecule has 0 bridgehead atoms. The van der Waals surface area contributed by atoms with Gasteiger partial charge in [-0.25, -0.2) is 0 Å². The highest BCUT2D eigenvalue weighted by atomic mass is 15.3. The lowest BCUT2D eigenvalue weighted by molar-refractivity contribution is 0.171. The van der Waals surface area contributed by atoms with Crippen LogP contribution >= 0.6 is 0 Å². The van der Waals surface area contributed by atoms with Gasteiger partial charge in [-0.1, -0.05) is 47.1 Å². The van der Waals surface area contributed by atoms with E-state index in [9.17, 15) is 0 Å². The molecular weight excluding hydrogens is 248 g/mol. The van der Waals surface area contributed by atoms with E-state index >= 15 is 0 Å². The summed E-state index contributed by atoms with van der Waals surface area (Å²) >= 11 is 0. The quantitative estimate of drug-likeness (QED) is 0.578. The van der Waals surface area contributed by atoms with Crippen LogP contribution in [0.4, 0.5) is 0 Å². The summed E-state index contributed by atoms with van der Waals surface area (Å²) in [6.45, 7) is 14.3. The van der Waals surface area contributed by atoms with Crippen LogP contribution in [0.1, 0.15) is 53.4 Å². The highest BCUT2D eigenvalue weighted by Gasteiger charge is 2.30. The van der Waals surface area contributed by atoms with Crippen LogP contribution < -0.4 is 21.3 Å². The van der Waals surface area contributed by atoms with E-state index < -0.39 is 0 Å². The summed E-state index contributed by atoms with van der Waals surface area (Å²) in [6, 6.07) is 0.867. The Morgan fingerprint density at radius 1 is 1.40 bits per heavy atom. The zero-order valence-corrected chi connectivity index (χ0v) is 14.0. The summed E-state index contributed by atoms with van der Waals surface area (Å²) in [5, 5.41) is 14.0. The second-order valence-electron chi connectivity index (χ2n) is 6.91. The molecule has 0 aromatic rings. The Labute approximate surface area is 125 Å². The molecule has 20 heavy (non-hydrogen) atoms. The van der Waals surface area contributed by atoms with Crippen molar-refractivity contribution in [3.63, 3.8) is 0 Å². The minimum atomic E-state index is 0.123. The summed E-state index contributed by atoms with van der Waals surface area (Å²) in [5.74, 6) is 0. The van der Waals surface area contributed by atoms with Gasteiger partial charge in [0.15, 0.2) is 0 Å². The zero-order chi connectivity index (χ0) is 15.2. The van der Waals surface area contributed by atoms with Gasteiger partial charge in [0.2, 0.25) is 0 Å². The minimum absolute atomic E-state index is 0.123. The van der Waals surface area contributed by atoms with Gasteiger partial charge >= 0.3 is 0 Å². The molecule has 1 aliphatic heterocycles. The normalized spacial score (nSPS) is 25.2. The average molecular weight is 282 g/mol. The third-order valence-corrected chi connectivity index (χ3v) is 4.14. The van der Waals surface area contributed by atoms with Crippen LogP contribution in [-0.2, 0) is 0 Å². The molecule has 0 spiro atoms. The van der Waals surface area contributed by atoms with Crippen molar-refractivity contribution in [2.45, 2.75) is 71.8 Å². The molecule has 0 aromatic heterocycles. The topological polar surface area (TPSA) is 48.1 Å². The minimum Gasteiger partial charge on any atom is -0.360 e. The van der Waals surface area contributed by atoms with E-state index in [1.54, 1.807) is 0 Å². The van der Waals surface area contributed by atoms with Crippen molar-refractivity contribution in [2.75, 3.05) is 13.6 Å². The first kappa shape index (κ1) is 17.5. The molecule has 0 saturated carbocycles. The smallest absolute Gasteiger partial charge is 0.132 e. The van der Waals surface area contributed by atoms with Crippen LogP contribution in [0.5, 0.6) is 0 Å². The summed E-state index contributed by atoms with van der Waals surface area (Å²) in [4.78, 5) is 0. The largest absolute Gasteiger partial charge is 0.360 e. The number of likely N-dealkylation sites (N-methyl/N-ethyl adjacent to an activating group) is 1. The van der Waals surface area contributed by atoms with Crippen molar-refractivity contribution in [3.05, 3.63) is 12.3 Å². The van der Waals surface area contributed by atoms with Crippen molar-refractivity contribution in [1.82, 2.24) is 21.3 Å². The van der Waals surface area contributed by atoms with Crippen LogP contribution in [0.15, 0.2) is 12.3 Å². The fourth-order valence-electron chi connectivity index (χ4n) is 2.68. The molecular formula is C16H34N4. The fraction of sp³-hybridized carbons (Fsp3) is 0.875. The molecule has 0 aromatic carbocycles. The molecule has 4 heteroatoms. The van der Waals surface area contributed by atoms with Crippen LogP contribution in [-0.4, -0.2) is 32.0 Å². The monoisotopic (exact) mass is 282 g/mol. The molecule has 1 fully saturated rings. The van der Waals surface area contributed by atoms with Gasteiger partial charge in [0.25, 0.3) is 0 Å². The molecule has 3 atom stereocenters. The van der Waals surface area contributed by atoms with E-state index in [0.29, 0.717) is 12.1 Å². The Morgan fingerprint density at radius 3 is 2.65 bits per heavy atom. The maximum Gasteiger partial charge on any atom is 0.132 e. The van der Waals surface area contributed by atoms with Crippen LogP contribution in [0.25, 0.3) is 0 Å². The summed E-state index contributed by atoms with van der Waals surface area (Å²) < 4.78 is 0. The standard InChI is InChI=1S/C16H34N4/c1-7-8-9-13(17-6)12(2)19-15-18-11-10-14(20-15)16(3,4)5/h13-15,17-20H,2,7-11H2,1,3-6H3. The maximum absolute atomic E-state index is 4.21. The highest BCUT2D eigenvalue weighted by molar-refractivity contribution is 5.04. The third kappa shape index (κ3) is 5.43. The number of hydrogen-bond acceptors (Lipinski definition) is 4. The second kappa shape index (κ2) is 8.01. The van der Waals surface area contributed by atoms with Crippen molar-refractivity contribution < 1.29 is 0 Å². The Bertz CT molecular complexity index is 295. The lowest BCUT2D eigenvalue weighted by Crippen LogP contribution is -2.63. The first-order valence-electron chi connectivity index (χ1n) is 8.00. The Hall–Kier alpha value is -0.580. The Kier molecular flexibility index (Phi) is 7.00. The molecule has 1 saturated heterocycles. The first-order valence-corrected chi connectivity index (χ1v) is 8.00. The van der Waals surface area contributed by atoms with E-state index in [1.165, 1.54) is 19.3 Å². The van der Waals surface area contributed by atoms with Gasteiger partial charge < -0.3 is 10.6 Å². The zero-order valence-electron chi connectivity index (χ0n) is 14.0. The van der Waals surface area contributed by atoms with E-state index in [2.05, 4.69) is 55.5 Å². The Balaban J connectivity index is 2.48. The van der Waals surface area contributed by atoms with Crippen molar-refractivity contribution in [1.29, 1.82) is 0 Å². The molecule has 0 aliphatic carbocycles. The van der Waals surface area contributed by atoms with Crippen molar-refractivity contribution >= 4 is 0 Å². The lowest BCUT2D eigenvalue weighted by Gasteiger charge is -2.40. The first-order chi connectivity index (χ1) is 9.38. The second-order valence-corrected chi connectivity index (χ2v) is 6.91. The van der Waals surface area contributed by atoms with Gasteiger partial charge in [-0.2, -0.15) is 0 Å². The third-order valence-electron chi connectivity index (χ3n) is 4.14. The number of hydrogen-bond donors (Lipinski definition) is 4. The Morgan fingerprint density at radius 2 is 2.10 bits per heavy atom. The van der Waals surface area contributed by atoms with Crippen LogP contribution in [0.3, 0.4) is 0 Å². The molecule has 4 N–H and O–H groups in total. The van der Waals surface area contributed by atoms with E-state index in [-0.39, 0.29) is 11.7 Å². The van der Waals surface area contributed by atoms with Gasteiger partial charge in [0.1, 0.15) is 6.29 Å². The van der Waals surface area contributed by atoms with Crippen LogP contribution in [0.2, 0.25) is 0 Å². The molecule has 0 amide bonds. The molecule has 3 unspecified atom stereocenters. The van der Waals surface area contributed by atoms with Gasteiger partial charge in [-0.05, 0) is 31.8 Å². The molecule has 1 aliphatic rings.